The maximum Gasteiger partial charge on any atom is 0.255 e. The van der Waals surface area contributed by atoms with Crippen LogP contribution in [0.5, 0.6) is 11.5 Å². The number of primary amides is 1. The molecular weight excluding hydrogens is 352 g/mol. The Morgan fingerprint density at radius 2 is 2.36 bits per heavy atom. The fourth-order valence-electron chi connectivity index (χ4n) is 2.44. The van der Waals surface area contributed by atoms with E-state index in [-0.39, 0.29) is 6.61 Å². The molecule has 0 spiro atoms. The Kier molecular flexibility index (Phi) is 6.48. The molecule has 0 radical (unpaired) electrons. The molecule has 122 valence electrons. The first-order chi connectivity index (χ1) is 10.6. The number of halogens is 1. The summed E-state index contributed by atoms with van der Waals surface area (Å²) in [5.41, 5.74) is 6.21. The third-order valence-electron chi connectivity index (χ3n) is 3.48. The lowest BCUT2D eigenvalue weighted by molar-refractivity contribution is -0.676. The van der Waals surface area contributed by atoms with Crippen LogP contribution in [-0.4, -0.2) is 38.9 Å². The van der Waals surface area contributed by atoms with Crippen LogP contribution < -0.4 is 20.5 Å². The van der Waals surface area contributed by atoms with E-state index in [9.17, 15) is 4.79 Å². The van der Waals surface area contributed by atoms with Crippen molar-refractivity contribution in [2.24, 2.45) is 5.73 Å². The molecule has 1 aliphatic heterocycles. The highest BCUT2D eigenvalue weighted by atomic mass is 79.9. The zero-order valence-corrected chi connectivity index (χ0v) is 14.2. The predicted molar refractivity (Wildman–Crippen MR) is 84.9 cm³/mol. The molecule has 2 rings (SSSR count). The fourth-order valence-corrected chi connectivity index (χ4v) is 3.04. The van der Waals surface area contributed by atoms with Crippen LogP contribution in [0.4, 0.5) is 0 Å². The van der Waals surface area contributed by atoms with E-state index in [1.54, 1.807) is 7.11 Å². The molecule has 1 aromatic rings. The van der Waals surface area contributed by atoms with Crippen LogP contribution in [0.25, 0.3) is 0 Å². The van der Waals surface area contributed by atoms with Gasteiger partial charge in [-0.15, -0.1) is 0 Å². The van der Waals surface area contributed by atoms with Crippen molar-refractivity contribution in [2.45, 2.75) is 25.5 Å². The monoisotopic (exact) mass is 373 g/mol. The van der Waals surface area contributed by atoms with Gasteiger partial charge in [-0.05, 0) is 40.9 Å². The van der Waals surface area contributed by atoms with Gasteiger partial charge in [-0.3, -0.25) is 4.79 Å². The van der Waals surface area contributed by atoms with Gasteiger partial charge in [-0.2, -0.15) is 0 Å². The Balaban J connectivity index is 1.96. The van der Waals surface area contributed by atoms with Crippen molar-refractivity contribution in [3.63, 3.8) is 0 Å². The van der Waals surface area contributed by atoms with Crippen molar-refractivity contribution in [3.05, 3.63) is 22.2 Å². The lowest BCUT2D eigenvalue weighted by Gasteiger charge is -2.13. The molecule has 1 saturated heterocycles. The van der Waals surface area contributed by atoms with E-state index in [1.165, 1.54) is 0 Å². The molecule has 0 saturated carbocycles. The summed E-state index contributed by atoms with van der Waals surface area (Å²) < 4.78 is 17.1. The van der Waals surface area contributed by atoms with Gasteiger partial charge >= 0.3 is 0 Å². The van der Waals surface area contributed by atoms with Gasteiger partial charge in [-0.25, -0.2) is 0 Å². The number of nitrogens with two attached hydrogens (primary N) is 2. The van der Waals surface area contributed by atoms with Crippen LogP contribution in [0, 0.1) is 0 Å². The largest absolute Gasteiger partial charge is 0.493 e. The Morgan fingerprint density at radius 3 is 3.00 bits per heavy atom. The Bertz CT molecular complexity index is 519. The smallest absolute Gasteiger partial charge is 0.255 e. The molecule has 0 aliphatic carbocycles. The third kappa shape index (κ3) is 4.86. The lowest BCUT2D eigenvalue weighted by atomic mass is 10.2. The minimum Gasteiger partial charge on any atom is -0.493 e. The van der Waals surface area contributed by atoms with Crippen LogP contribution in [-0.2, 0) is 16.1 Å². The second kappa shape index (κ2) is 8.36. The van der Waals surface area contributed by atoms with Crippen molar-refractivity contribution in [1.82, 2.24) is 0 Å². The van der Waals surface area contributed by atoms with Crippen LogP contribution in [0.2, 0.25) is 0 Å². The number of amides is 1. The molecule has 0 bridgehead atoms. The Hall–Kier alpha value is -1.31. The van der Waals surface area contributed by atoms with Gasteiger partial charge in [-0.1, -0.05) is 0 Å². The SMILES string of the molecule is COc1cc(C[NH2+]C[C@@H]2CCCO2)cc(Br)c1OCC(N)=O. The van der Waals surface area contributed by atoms with E-state index < -0.39 is 5.91 Å². The second-order valence-electron chi connectivity index (χ2n) is 5.23. The average Bonchev–Trinajstić information content (AvgIpc) is 2.98. The minimum absolute atomic E-state index is 0.181. The molecule has 1 fully saturated rings. The van der Waals surface area contributed by atoms with Gasteiger partial charge in [0.15, 0.2) is 18.1 Å². The van der Waals surface area contributed by atoms with Gasteiger partial charge < -0.3 is 25.3 Å². The summed E-state index contributed by atoms with van der Waals surface area (Å²) in [6.07, 6.45) is 2.66. The summed E-state index contributed by atoms with van der Waals surface area (Å²) >= 11 is 3.45. The van der Waals surface area contributed by atoms with E-state index in [1.807, 2.05) is 12.1 Å². The average molecular weight is 374 g/mol. The standard InChI is InChI=1S/C15H21BrN2O4/c1-20-13-6-10(7-18-8-11-3-2-4-21-11)5-12(16)15(13)22-9-14(17)19/h5-6,11,18H,2-4,7-9H2,1H3,(H2,17,19)/p+1/t11-/m0/s1. The number of quaternary nitrogens is 1. The maximum atomic E-state index is 10.8. The summed E-state index contributed by atoms with van der Waals surface area (Å²) in [5.74, 6) is 0.545. The summed E-state index contributed by atoms with van der Waals surface area (Å²) in [6, 6.07) is 3.87. The molecule has 1 atom stereocenters. The summed E-state index contributed by atoms with van der Waals surface area (Å²) in [7, 11) is 1.57. The van der Waals surface area contributed by atoms with Crippen molar-refractivity contribution < 1.29 is 24.3 Å². The number of hydrogen-bond acceptors (Lipinski definition) is 4. The molecule has 22 heavy (non-hydrogen) atoms. The number of benzene rings is 1. The van der Waals surface area contributed by atoms with Crippen LogP contribution in [0.3, 0.4) is 0 Å². The van der Waals surface area contributed by atoms with E-state index in [2.05, 4.69) is 21.2 Å². The Morgan fingerprint density at radius 1 is 1.55 bits per heavy atom. The first-order valence-electron chi connectivity index (χ1n) is 7.31. The molecule has 1 aliphatic rings. The zero-order valence-electron chi connectivity index (χ0n) is 12.6. The highest BCUT2D eigenvalue weighted by molar-refractivity contribution is 9.10. The molecule has 4 N–H and O–H groups in total. The number of methoxy groups -OCH3 is 1. The van der Waals surface area contributed by atoms with Crippen LogP contribution in [0.15, 0.2) is 16.6 Å². The number of carbonyl (C=O) groups excluding carboxylic acids is 1. The van der Waals surface area contributed by atoms with E-state index in [0.29, 0.717) is 17.6 Å². The molecule has 0 aromatic heterocycles. The van der Waals surface area contributed by atoms with Gasteiger partial charge in [0.1, 0.15) is 19.2 Å². The molecular formula is C15H22BrN2O4+. The van der Waals surface area contributed by atoms with Crippen molar-refractivity contribution in [3.8, 4) is 11.5 Å². The van der Waals surface area contributed by atoms with Crippen LogP contribution >= 0.6 is 15.9 Å². The molecule has 0 unspecified atom stereocenters. The normalized spacial score (nSPS) is 17.5. The summed E-state index contributed by atoms with van der Waals surface area (Å²) in [6.45, 7) is 2.48. The zero-order chi connectivity index (χ0) is 15.9. The number of rotatable bonds is 8. The van der Waals surface area contributed by atoms with Gasteiger partial charge in [0, 0.05) is 12.2 Å². The number of hydrogen-bond donors (Lipinski definition) is 2. The Labute approximate surface area is 138 Å². The van der Waals surface area contributed by atoms with Crippen molar-refractivity contribution >= 4 is 21.8 Å². The molecule has 1 heterocycles. The van der Waals surface area contributed by atoms with E-state index in [4.69, 9.17) is 19.9 Å². The van der Waals surface area contributed by atoms with E-state index >= 15 is 0 Å². The first-order valence-corrected chi connectivity index (χ1v) is 8.10. The highest BCUT2D eigenvalue weighted by Crippen LogP contribution is 2.36. The number of ether oxygens (including phenoxy) is 3. The molecule has 7 heteroatoms. The molecule has 1 amide bonds. The predicted octanol–water partition coefficient (Wildman–Crippen LogP) is 0.564. The topological polar surface area (TPSA) is 87.4 Å². The summed E-state index contributed by atoms with van der Waals surface area (Å²) in [5, 5.41) is 2.22. The van der Waals surface area contributed by atoms with E-state index in [0.717, 1.165) is 42.6 Å². The van der Waals surface area contributed by atoms with Gasteiger partial charge in [0.25, 0.3) is 5.91 Å². The lowest BCUT2D eigenvalue weighted by Crippen LogP contribution is -2.84. The minimum atomic E-state index is -0.525. The van der Waals surface area contributed by atoms with Crippen molar-refractivity contribution in [2.75, 3.05) is 26.9 Å². The summed E-state index contributed by atoms with van der Waals surface area (Å²) in [4.78, 5) is 10.8. The number of carbonyl (C=O) groups is 1. The van der Waals surface area contributed by atoms with Gasteiger partial charge in [0.2, 0.25) is 0 Å². The second-order valence-corrected chi connectivity index (χ2v) is 6.08. The molecule has 6 nitrogen and oxygen atoms in total. The maximum absolute atomic E-state index is 10.8. The quantitative estimate of drug-likeness (QED) is 0.696. The highest BCUT2D eigenvalue weighted by Gasteiger charge is 2.18. The third-order valence-corrected chi connectivity index (χ3v) is 4.07. The molecule has 1 aromatic carbocycles. The fraction of sp³-hybridized carbons (Fsp3) is 0.533. The van der Waals surface area contributed by atoms with Gasteiger partial charge in [0.05, 0.1) is 11.6 Å². The van der Waals surface area contributed by atoms with Crippen LogP contribution in [0.1, 0.15) is 18.4 Å². The first kappa shape index (κ1) is 17.1. The van der Waals surface area contributed by atoms with Crippen molar-refractivity contribution in [1.29, 1.82) is 0 Å².